The van der Waals surface area contributed by atoms with E-state index in [1.165, 1.54) is 0 Å². The minimum Gasteiger partial charge on any atom is -0.349 e. The Kier molecular flexibility index (Phi) is 5.06. The Balaban J connectivity index is 1.99. The zero-order valence-corrected chi connectivity index (χ0v) is 12.5. The van der Waals surface area contributed by atoms with Crippen LogP contribution in [0.1, 0.15) is 35.3 Å². The Labute approximate surface area is 125 Å². The molecule has 1 atom stereocenters. The van der Waals surface area contributed by atoms with Crippen LogP contribution >= 0.6 is 0 Å². The number of benzene rings is 1. The van der Waals surface area contributed by atoms with Gasteiger partial charge in [-0.25, -0.2) is 0 Å². The first kappa shape index (κ1) is 15.2. The maximum absolute atomic E-state index is 12.1. The van der Waals surface area contributed by atoms with Gasteiger partial charge in [0.15, 0.2) is 0 Å². The molecule has 1 aromatic carbocycles. The van der Waals surface area contributed by atoms with Gasteiger partial charge in [0, 0.05) is 6.20 Å². The lowest BCUT2D eigenvalue weighted by atomic mass is 10.1. The molecular weight excluding hydrogens is 262 g/mol. The lowest BCUT2D eigenvalue weighted by Crippen LogP contribution is -2.34. The summed E-state index contributed by atoms with van der Waals surface area (Å²) >= 11 is 0. The van der Waals surface area contributed by atoms with Crippen molar-refractivity contribution in [1.29, 1.82) is 0 Å². The second-order valence-corrected chi connectivity index (χ2v) is 5.07. The first-order valence-electron chi connectivity index (χ1n) is 7.14. The predicted molar refractivity (Wildman–Crippen MR) is 83.6 cm³/mol. The molecular formula is C17H21N3O. The molecule has 0 aliphatic rings. The van der Waals surface area contributed by atoms with Gasteiger partial charge >= 0.3 is 0 Å². The molecule has 110 valence electrons. The molecule has 0 bridgehead atoms. The van der Waals surface area contributed by atoms with Gasteiger partial charge < -0.3 is 11.1 Å². The van der Waals surface area contributed by atoms with Crippen molar-refractivity contribution in [1.82, 2.24) is 10.3 Å². The average Bonchev–Trinajstić information content (AvgIpc) is 2.52. The number of amides is 1. The van der Waals surface area contributed by atoms with Gasteiger partial charge in [0.25, 0.3) is 0 Å². The number of nitrogens with two attached hydrogens (primary N) is 1. The number of hydrogen-bond donors (Lipinski definition) is 2. The molecule has 1 amide bonds. The molecule has 1 unspecified atom stereocenters. The number of pyridine rings is 1. The monoisotopic (exact) mass is 283 g/mol. The molecule has 2 rings (SSSR count). The number of nitrogens with zero attached hydrogens (tertiary/aromatic N) is 1. The largest absolute Gasteiger partial charge is 0.349 e. The molecule has 0 saturated carbocycles. The Hall–Kier alpha value is -2.20. The van der Waals surface area contributed by atoms with Crippen molar-refractivity contribution in [2.45, 2.75) is 32.9 Å². The van der Waals surface area contributed by atoms with E-state index in [0.29, 0.717) is 6.54 Å². The number of rotatable bonds is 5. The van der Waals surface area contributed by atoms with Crippen LogP contribution in [0, 0.1) is 6.92 Å². The highest BCUT2D eigenvalue weighted by Gasteiger charge is 2.15. The van der Waals surface area contributed by atoms with Crippen molar-refractivity contribution in [3.63, 3.8) is 0 Å². The Morgan fingerprint density at radius 1 is 1.29 bits per heavy atom. The van der Waals surface area contributed by atoms with E-state index in [1.54, 1.807) is 6.20 Å². The van der Waals surface area contributed by atoms with E-state index in [-0.39, 0.29) is 5.91 Å². The highest BCUT2D eigenvalue weighted by molar-refractivity contribution is 5.82. The van der Waals surface area contributed by atoms with Crippen molar-refractivity contribution in [2.75, 3.05) is 0 Å². The highest BCUT2D eigenvalue weighted by atomic mass is 16.2. The third-order valence-corrected chi connectivity index (χ3v) is 3.51. The molecule has 4 nitrogen and oxygen atoms in total. The normalized spacial score (nSPS) is 12.0. The number of hydrogen-bond acceptors (Lipinski definition) is 3. The van der Waals surface area contributed by atoms with Crippen molar-refractivity contribution < 1.29 is 4.79 Å². The third-order valence-electron chi connectivity index (χ3n) is 3.51. The topological polar surface area (TPSA) is 68.0 Å². The first-order valence-corrected chi connectivity index (χ1v) is 7.14. The second kappa shape index (κ2) is 6.99. The van der Waals surface area contributed by atoms with Gasteiger partial charge in [-0.3, -0.25) is 9.78 Å². The van der Waals surface area contributed by atoms with E-state index in [9.17, 15) is 4.79 Å². The SMILES string of the molecule is CCc1cccnc1CNC(=O)C(N)c1ccc(C)cc1. The summed E-state index contributed by atoms with van der Waals surface area (Å²) in [6, 6.07) is 11.0. The van der Waals surface area contributed by atoms with Crippen LogP contribution in [-0.4, -0.2) is 10.9 Å². The van der Waals surface area contributed by atoms with Crippen molar-refractivity contribution in [3.05, 3.63) is 65.0 Å². The second-order valence-electron chi connectivity index (χ2n) is 5.07. The molecule has 21 heavy (non-hydrogen) atoms. The van der Waals surface area contributed by atoms with Gasteiger partial charge in [0.05, 0.1) is 12.2 Å². The van der Waals surface area contributed by atoms with Crippen LogP contribution in [0.2, 0.25) is 0 Å². The smallest absolute Gasteiger partial charge is 0.241 e. The van der Waals surface area contributed by atoms with Crippen LogP contribution in [0.15, 0.2) is 42.6 Å². The van der Waals surface area contributed by atoms with Crippen LogP contribution in [0.5, 0.6) is 0 Å². The maximum Gasteiger partial charge on any atom is 0.241 e. The highest BCUT2D eigenvalue weighted by Crippen LogP contribution is 2.12. The predicted octanol–water partition coefficient (Wildman–Crippen LogP) is 2.27. The summed E-state index contributed by atoms with van der Waals surface area (Å²) in [5.41, 5.74) is 9.98. The van der Waals surface area contributed by atoms with Crippen molar-refractivity contribution in [3.8, 4) is 0 Å². The fourth-order valence-corrected chi connectivity index (χ4v) is 2.16. The minimum absolute atomic E-state index is 0.188. The van der Waals surface area contributed by atoms with Crippen molar-refractivity contribution >= 4 is 5.91 Å². The summed E-state index contributed by atoms with van der Waals surface area (Å²) in [4.78, 5) is 16.4. The van der Waals surface area contributed by atoms with E-state index in [1.807, 2.05) is 43.3 Å². The fraction of sp³-hybridized carbons (Fsp3) is 0.294. The number of nitrogens with one attached hydrogen (secondary N) is 1. The average molecular weight is 283 g/mol. The number of carbonyl (C=O) groups is 1. The maximum atomic E-state index is 12.1. The quantitative estimate of drug-likeness (QED) is 0.884. The summed E-state index contributed by atoms with van der Waals surface area (Å²) in [6.45, 7) is 4.48. The van der Waals surface area contributed by atoms with Gasteiger partial charge in [0.1, 0.15) is 6.04 Å². The third kappa shape index (κ3) is 3.89. The molecule has 1 aromatic heterocycles. The van der Waals surface area contributed by atoms with E-state index < -0.39 is 6.04 Å². The molecule has 1 heterocycles. The Morgan fingerprint density at radius 2 is 2.00 bits per heavy atom. The standard InChI is InChI=1S/C17H21N3O/c1-3-13-5-4-10-19-15(13)11-20-17(21)16(18)14-8-6-12(2)7-9-14/h4-10,16H,3,11,18H2,1-2H3,(H,20,21). The lowest BCUT2D eigenvalue weighted by Gasteiger charge is -2.13. The van der Waals surface area contributed by atoms with Crippen molar-refractivity contribution in [2.24, 2.45) is 5.73 Å². The van der Waals surface area contributed by atoms with Gasteiger partial charge in [-0.1, -0.05) is 42.8 Å². The van der Waals surface area contributed by atoms with Crippen LogP contribution in [0.4, 0.5) is 0 Å². The molecule has 2 aromatic rings. The van der Waals surface area contributed by atoms with E-state index in [2.05, 4.69) is 17.2 Å². The fourth-order valence-electron chi connectivity index (χ4n) is 2.16. The molecule has 0 saturated heterocycles. The summed E-state index contributed by atoms with van der Waals surface area (Å²) in [6.07, 6.45) is 2.63. The first-order chi connectivity index (χ1) is 10.1. The number of carbonyl (C=O) groups excluding carboxylic acids is 1. The van der Waals surface area contributed by atoms with E-state index in [0.717, 1.165) is 28.8 Å². The lowest BCUT2D eigenvalue weighted by molar-refractivity contribution is -0.122. The summed E-state index contributed by atoms with van der Waals surface area (Å²) in [7, 11) is 0. The van der Waals surface area contributed by atoms with Gasteiger partial charge in [0.2, 0.25) is 5.91 Å². The van der Waals surface area contributed by atoms with Crippen LogP contribution in [0.25, 0.3) is 0 Å². The van der Waals surface area contributed by atoms with Crippen LogP contribution < -0.4 is 11.1 Å². The molecule has 0 radical (unpaired) electrons. The molecule has 0 fully saturated rings. The zero-order valence-electron chi connectivity index (χ0n) is 12.5. The number of aromatic nitrogens is 1. The molecule has 0 aliphatic heterocycles. The Morgan fingerprint density at radius 3 is 2.67 bits per heavy atom. The summed E-state index contributed by atoms with van der Waals surface area (Å²) in [5.74, 6) is -0.188. The molecule has 0 spiro atoms. The minimum atomic E-state index is -0.653. The molecule has 0 aliphatic carbocycles. The number of aryl methyl sites for hydroxylation is 2. The summed E-state index contributed by atoms with van der Waals surface area (Å²) in [5, 5.41) is 2.86. The zero-order chi connectivity index (χ0) is 15.2. The van der Waals surface area contributed by atoms with Crippen LogP contribution in [-0.2, 0) is 17.8 Å². The van der Waals surface area contributed by atoms with Gasteiger partial charge in [-0.15, -0.1) is 0 Å². The van der Waals surface area contributed by atoms with Gasteiger partial charge in [-0.05, 0) is 30.5 Å². The molecule has 3 N–H and O–H groups in total. The van der Waals surface area contributed by atoms with Gasteiger partial charge in [-0.2, -0.15) is 0 Å². The molecule has 4 heteroatoms. The summed E-state index contributed by atoms with van der Waals surface area (Å²) < 4.78 is 0. The van der Waals surface area contributed by atoms with E-state index in [4.69, 9.17) is 5.73 Å². The Bertz CT molecular complexity index is 608. The van der Waals surface area contributed by atoms with E-state index >= 15 is 0 Å². The van der Waals surface area contributed by atoms with Crippen LogP contribution in [0.3, 0.4) is 0 Å².